The van der Waals surface area contributed by atoms with E-state index in [1.54, 1.807) is 6.07 Å². The topological polar surface area (TPSA) is 187 Å². The molecule has 0 radical (unpaired) electrons. The van der Waals surface area contributed by atoms with Crippen molar-refractivity contribution in [3.63, 3.8) is 0 Å². The van der Waals surface area contributed by atoms with E-state index in [0.717, 1.165) is 22.3 Å². The van der Waals surface area contributed by atoms with Crippen LogP contribution in [0.2, 0.25) is 0 Å². The molecule has 0 spiro atoms. The van der Waals surface area contributed by atoms with Gasteiger partial charge in [-0.05, 0) is 42.2 Å². The second-order valence-electron chi connectivity index (χ2n) is 9.85. The number of nitro groups is 1. The van der Waals surface area contributed by atoms with Crippen molar-refractivity contribution in [1.29, 1.82) is 5.26 Å². The van der Waals surface area contributed by atoms with Crippen molar-refractivity contribution < 1.29 is 42.5 Å². The first kappa shape index (κ1) is 32.3. The Labute approximate surface area is 253 Å². The summed E-state index contributed by atoms with van der Waals surface area (Å²) in [5.74, 6) is -1.79. The number of amides is 1. The Morgan fingerprint density at radius 2 is 1.61 bits per heavy atom. The van der Waals surface area contributed by atoms with E-state index in [-0.39, 0.29) is 30.2 Å². The minimum atomic E-state index is -4.65. The van der Waals surface area contributed by atoms with Crippen molar-refractivity contribution >= 4 is 25.6 Å². The summed E-state index contributed by atoms with van der Waals surface area (Å²) >= 11 is 0. The number of carboxylic acids is 1. The van der Waals surface area contributed by atoms with E-state index < -0.39 is 49.7 Å². The lowest BCUT2D eigenvalue weighted by atomic mass is 9.98. The molecular weight excluding hydrogens is 593 g/mol. The molecule has 0 aromatic heterocycles. The normalized spacial score (nSPS) is 15.5. The first-order chi connectivity index (χ1) is 21.0. The first-order valence-electron chi connectivity index (χ1n) is 13.6. The van der Waals surface area contributed by atoms with Crippen LogP contribution in [0, 0.1) is 21.4 Å². The van der Waals surface area contributed by atoms with Gasteiger partial charge in [0.05, 0.1) is 41.8 Å². The largest absolute Gasteiger partial charge is 0.480 e. The third-order valence-corrected chi connectivity index (χ3v) is 8.63. The summed E-state index contributed by atoms with van der Waals surface area (Å²) in [7, 11) is -4.65. The molecule has 0 fully saturated rings. The quantitative estimate of drug-likeness (QED) is 0.0913. The number of nitrogens with one attached hydrogen (secondary N) is 1. The first-order valence-corrected chi connectivity index (χ1v) is 15.1. The predicted molar refractivity (Wildman–Crippen MR) is 157 cm³/mol. The number of nitro benzene ring substituents is 1. The molecule has 2 N–H and O–H groups in total. The van der Waals surface area contributed by atoms with Gasteiger partial charge in [0.1, 0.15) is 6.61 Å². The van der Waals surface area contributed by atoms with E-state index in [9.17, 15) is 29.4 Å². The zero-order valence-corrected chi connectivity index (χ0v) is 24.7. The molecular formula is C30H30N3O10P. The van der Waals surface area contributed by atoms with Crippen LogP contribution in [0.4, 0.5) is 10.5 Å². The molecule has 1 amide bonds. The molecule has 2 unspecified atom stereocenters. The van der Waals surface area contributed by atoms with Crippen molar-refractivity contribution in [3.05, 3.63) is 99.6 Å². The molecule has 3 aromatic rings. The van der Waals surface area contributed by atoms with Gasteiger partial charge in [-0.3, -0.25) is 23.7 Å². The van der Waals surface area contributed by atoms with E-state index in [4.69, 9.17) is 23.6 Å². The Morgan fingerprint density at radius 3 is 2.20 bits per heavy atom. The molecule has 44 heavy (non-hydrogen) atoms. The van der Waals surface area contributed by atoms with E-state index >= 15 is 0 Å². The van der Waals surface area contributed by atoms with Crippen molar-refractivity contribution in [1.82, 2.24) is 5.32 Å². The Kier molecular flexibility index (Phi) is 10.5. The van der Waals surface area contributed by atoms with Crippen molar-refractivity contribution in [2.45, 2.75) is 44.4 Å². The molecule has 1 aliphatic rings. The standard InChI is InChI=1S/C30H30N3O10P/c1-19(21-10-7-8-15-27(21)33(37)38)42-44(39,41-17-9-16-31)43-20(2)28(29(34)35)32-30(36)40-18-26-24-13-5-3-11-22(24)23-12-4-6-14-25(23)26/h3-8,10-15,19-20,26,28H,9,17-18H2,1-2H3,(H,32,36)(H,34,35)/t19?,20-,28+,44?/m1/s1. The van der Waals surface area contributed by atoms with Gasteiger partial charge in [-0.25, -0.2) is 14.2 Å². The molecule has 1 aliphatic carbocycles. The molecule has 3 aromatic carbocycles. The van der Waals surface area contributed by atoms with Crippen LogP contribution in [-0.4, -0.2) is 47.5 Å². The number of ether oxygens (including phenoxy) is 1. The number of hydrogen-bond donors (Lipinski definition) is 2. The molecule has 0 aliphatic heterocycles. The number of carbonyl (C=O) groups excluding carboxylic acids is 1. The second-order valence-corrected chi connectivity index (χ2v) is 11.4. The molecule has 14 heteroatoms. The van der Waals surface area contributed by atoms with Crippen molar-refractivity contribution in [2.24, 2.45) is 0 Å². The smallest absolute Gasteiger partial charge is 0.475 e. The number of aliphatic carboxylic acids is 1. The molecule has 0 heterocycles. The van der Waals surface area contributed by atoms with Crippen LogP contribution in [0.25, 0.3) is 11.1 Å². The zero-order valence-electron chi connectivity index (χ0n) is 23.8. The molecule has 0 saturated heterocycles. The van der Waals surface area contributed by atoms with Gasteiger partial charge in [0.25, 0.3) is 5.69 Å². The van der Waals surface area contributed by atoms with Gasteiger partial charge in [-0.2, -0.15) is 5.26 Å². The van der Waals surface area contributed by atoms with Gasteiger partial charge in [0.2, 0.25) is 0 Å². The number of nitriles is 1. The average molecular weight is 624 g/mol. The molecule has 0 saturated carbocycles. The third kappa shape index (κ3) is 7.48. The van der Waals surface area contributed by atoms with Gasteiger partial charge in [0, 0.05) is 12.0 Å². The highest BCUT2D eigenvalue weighted by atomic mass is 31.2. The number of fused-ring (bicyclic) bond motifs is 3. The minimum absolute atomic E-state index is 0.0596. The fourth-order valence-electron chi connectivity index (χ4n) is 4.95. The lowest BCUT2D eigenvalue weighted by molar-refractivity contribution is -0.386. The van der Waals surface area contributed by atoms with Gasteiger partial charge < -0.3 is 15.2 Å². The van der Waals surface area contributed by atoms with Crippen molar-refractivity contribution in [3.8, 4) is 17.2 Å². The Morgan fingerprint density at radius 1 is 1.02 bits per heavy atom. The number of nitrogens with zero attached hydrogens (tertiary/aromatic N) is 2. The molecule has 13 nitrogen and oxygen atoms in total. The lowest BCUT2D eigenvalue weighted by Gasteiger charge is -2.27. The summed E-state index contributed by atoms with van der Waals surface area (Å²) < 4.78 is 35.3. The number of alkyl carbamates (subject to hydrolysis) is 1. The Hall–Kier alpha value is -4.60. The lowest BCUT2D eigenvalue weighted by Crippen LogP contribution is -2.48. The number of carboxylic acid groups (broad SMARTS) is 1. The minimum Gasteiger partial charge on any atom is -0.480 e. The van der Waals surface area contributed by atoms with Crippen molar-refractivity contribution in [2.75, 3.05) is 13.2 Å². The Balaban J connectivity index is 1.45. The maximum atomic E-state index is 13.6. The number of benzene rings is 3. The highest BCUT2D eigenvalue weighted by Gasteiger charge is 2.39. The van der Waals surface area contributed by atoms with Crippen LogP contribution in [-0.2, 0) is 27.7 Å². The van der Waals surface area contributed by atoms with Crippen LogP contribution >= 0.6 is 7.82 Å². The highest BCUT2D eigenvalue weighted by Crippen LogP contribution is 2.55. The Bertz CT molecular complexity index is 1580. The number of para-hydroxylation sites is 1. The average Bonchev–Trinajstić information content (AvgIpc) is 3.32. The van der Waals surface area contributed by atoms with Crippen LogP contribution < -0.4 is 5.32 Å². The van der Waals surface area contributed by atoms with Gasteiger partial charge >= 0.3 is 19.9 Å². The number of hydrogen-bond acceptors (Lipinski definition) is 10. The van der Waals surface area contributed by atoms with Gasteiger partial charge in [-0.1, -0.05) is 60.7 Å². The molecule has 4 atom stereocenters. The summed E-state index contributed by atoms with van der Waals surface area (Å²) in [5, 5.41) is 32.4. The number of carbonyl (C=O) groups is 2. The fraction of sp³-hybridized carbons (Fsp3) is 0.300. The summed E-state index contributed by atoms with van der Waals surface area (Å²) in [6.07, 6.45) is -3.95. The maximum absolute atomic E-state index is 13.6. The summed E-state index contributed by atoms with van der Waals surface area (Å²) in [4.78, 5) is 35.8. The fourth-order valence-corrected chi connectivity index (χ4v) is 6.46. The number of phosphoric acid groups is 1. The van der Waals surface area contributed by atoms with E-state index in [1.807, 2.05) is 48.5 Å². The SMILES string of the molecule is CC(OP(=O)(OCCC#N)O[C@H](C)[C@H](NC(=O)OCC1c2ccccc2-c2ccccc21)C(=O)O)c1ccccc1[N+](=O)[O-]. The number of phosphoric ester groups is 1. The van der Waals surface area contributed by atoms with Gasteiger partial charge in [0.15, 0.2) is 6.04 Å². The van der Waals surface area contributed by atoms with Crippen LogP contribution in [0.3, 0.4) is 0 Å². The van der Waals surface area contributed by atoms with Gasteiger partial charge in [-0.15, -0.1) is 0 Å². The molecule has 4 rings (SSSR count). The second kappa shape index (κ2) is 14.2. The molecule has 0 bridgehead atoms. The van der Waals surface area contributed by atoms with E-state index in [2.05, 4.69) is 5.32 Å². The third-order valence-electron chi connectivity index (χ3n) is 6.97. The van der Waals surface area contributed by atoms with Crippen LogP contribution in [0.15, 0.2) is 72.8 Å². The summed E-state index contributed by atoms with van der Waals surface area (Å²) in [6, 6.07) is 21.1. The zero-order chi connectivity index (χ0) is 31.9. The highest BCUT2D eigenvalue weighted by molar-refractivity contribution is 7.48. The predicted octanol–water partition coefficient (Wildman–Crippen LogP) is 6.11. The van der Waals surface area contributed by atoms with E-state index in [0.29, 0.717) is 0 Å². The van der Waals surface area contributed by atoms with E-state index in [1.165, 1.54) is 38.1 Å². The summed E-state index contributed by atoms with van der Waals surface area (Å²) in [6.45, 7) is 2.12. The summed E-state index contributed by atoms with van der Waals surface area (Å²) in [5.41, 5.74) is 3.72. The molecule has 230 valence electrons. The van der Waals surface area contributed by atoms with Crippen LogP contribution in [0.5, 0.6) is 0 Å². The number of rotatable bonds is 14. The monoisotopic (exact) mass is 623 g/mol. The van der Waals surface area contributed by atoms with Crippen LogP contribution in [0.1, 0.15) is 49.0 Å². The maximum Gasteiger partial charge on any atom is 0.475 e.